The second-order valence-corrected chi connectivity index (χ2v) is 2.81. The van der Waals surface area contributed by atoms with Crippen molar-refractivity contribution in [2.24, 2.45) is 0 Å². The summed E-state index contributed by atoms with van der Waals surface area (Å²) in [6, 6.07) is -0.352. The third kappa shape index (κ3) is 1.44. The molecule has 1 heterocycles. The third-order valence-corrected chi connectivity index (χ3v) is 1.85. The second-order valence-electron chi connectivity index (χ2n) is 2.81. The summed E-state index contributed by atoms with van der Waals surface area (Å²) in [6.45, 7) is -0.398. The molecule has 0 spiro atoms. The highest BCUT2D eigenvalue weighted by molar-refractivity contribution is 4.87. The van der Waals surface area contributed by atoms with Crippen LogP contribution in [0.3, 0.4) is 0 Å². The molecule has 1 saturated heterocycles. The van der Waals surface area contributed by atoms with Crippen LogP contribution in [0.25, 0.3) is 0 Å². The number of likely N-dealkylation sites (N-methyl/N-ethyl adjacent to an activating group) is 1. The van der Waals surface area contributed by atoms with Crippen LogP contribution in [-0.4, -0.2) is 42.2 Å². The molecule has 1 aliphatic heterocycles. The summed E-state index contributed by atoms with van der Waals surface area (Å²) in [7, 11) is 1.60. The third-order valence-electron chi connectivity index (χ3n) is 1.85. The fraction of sp³-hybridized carbons (Fsp3) is 1.00. The Bertz CT molecular complexity index is 129. The van der Waals surface area contributed by atoms with Crippen LogP contribution < -0.4 is 0 Å². The van der Waals surface area contributed by atoms with Crippen molar-refractivity contribution < 1.29 is 13.9 Å². The van der Waals surface area contributed by atoms with Crippen LogP contribution in [0.4, 0.5) is 8.78 Å². The van der Waals surface area contributed by atoms with E-state index in [1.54, 1.807) is 7.05 Å². The van der Waals surface area contributed by atoms with E-state index >= 15 is 0 Å². The summed E-state index contributed by atoms with van der Waals surface area (Å²) in [4.78, 5) is 1.49. The smallest absolute Gasteiger partial charge is 0.262 e. The van der Waals surface area contributed by atoms with Crippen molar-refractivity contribution in [3.63, 3.8) is 0 Å². The van der Waals surface area contributed by atoms with Gasteiger partial charge in [0.05, 0.1) is 13.2 Å². The molecule has 0 radical (unpaired) electrons. The molecule has 0 saturated carbocycles. The lowest BCUT2D eigenvalue weighted by Crippen LogP contribution is -2.28. The number of aliphatic hydroxyl groups excluding tert-OH is 1. The van der Waals surface area contributed by atoms with E-state index in [4.69, 9.17) is 5.11 Å². The van der Waals surface area contributed by atoms with E-state index in [9.17, 15) is 8.78 Å². The maximum atomic E-state index is 12.5. The lowest BCUT2D eigenvalue weighted by Gasteiger charge is -2.14. The van der Waals surface area contributed by atoms with E-state index in [1.165, 1.54) is 4.90 Å². The number of rotatable bonds is 1. The lowest BCUT2D eigenvalue weighted by molar-refractivity contribution is 0.0136. The van der Waals surface area contributed by atoms with Gasteiger partial charge in [0.1, 0.15) is 0 Å². The van der Waals surface area contributed by atoms with Crippen LogP contribution in [0.15, 0.2) is 0 Å². The highest BCUT2D eigenvalue weighted by atomic mass is 19.3. The summed E-state index contributed by atoms with van der Waals surface area (Å²) >= 11 is 0. The first kappa shape index (κ1) is 7.88. The van der Waals surface area contributed by atoms with Crippen LogP contribution in [-0.2, 0) is 0 Å². The second kappa shape index (κ2) is 2.43. The van der Waals surface area contributed by atoms with E-state index < -0.39 is 5.92 Å². The number of likely N-dealkylation sites (tertiary alicyclic amines) is 1. The normalized spacial score (nSPS) is 33.0. The molecule has 0 unspecified atom stereocenters. The predicted octanol–water partition coefficient (Wildman–Crippen LogP) is 0.318. The van der Waals surface area contributed by atoms with Gasteiger partial charge in [-0.15, -0.1) is 0 Å². The van der Waals surface area contributed by atoms with Crippen molar-refractivity contribution in [1.82, 2.24) is 4.90 Å². The predicted molar refractivity (Wildman–Crippen MR) is 33.1 cm³/mol. The monoisotopic (exact) mass is 151 g/mol. The summed E-state index contributed by atoms with van der Waals surface area (Å²) in [5.41, 5.74) is 0. The Kier molecular flexibility index (Phi) is 1.92. The molecule has 1 rings (SSSR count). The van der Waals surface area contributed by atoms with E-state index in [0.29, 0.717) is 0 Å². The average molecular weight is 151 g/mol. The molecule has 1 atom stereocenters. The first-order valence-electron chi connectivity index (χ1n) is 3.24. The minimum absolute atomic E-state index is 0.175. The number of halogens is 2. The van der Waals surface area contributed by atoms with Crippen molar-refractivity contribution in [1.29, 1.82) is 0 Å². The SMILES string of the molecule is CN1CC(F)(F)C[C@H]1CO. The van der Waals surface area contributed by atoms with Gasteiger partial charge >= 0.3 is 0 Å². The molecule has 0 aromatic rings. The molecule has 10 heavy (non-hydrogen) atoms. The first-order valence-corrected chi connectivity index (χ1v) is 3.24. The fourth-order valence-electron chi connectivity index (χ4n) is 1.26. The van der Waals surface area contributed by atoms with E-state index in [2.05, 4.69) is 0 Å². The number of hydrogen-bond donors (Lipinski definition) is 1. The molecule has 0 aliphatic carbocycles. The molecule has 1 fully saturated rings. The van der Waals surface area contributed by atoms with E-state index in [1.807, 2.05) is 0 Å². The zero-order valence-electron chi connectivity index (χ0n) is 5.85. The molecule has 0 aromatic carbocycles. The van der Waals surface area contributed by atoms with Crippen molar-refractivity contribution in [2.45, 2.75) is 18.4 Å². The Morgan fingerprint density at radius 2 is 2.30 bits per heavy atom. The summed E-state index contributed by atoms with van der Waals surface area (Å²) in [5.74, 6) is -2.60. The Hall–Kier alpha value is -0.220. The molecular weight excluding hydrogens is 140 g/mol. The summed E-state index contributed by atoms with van der Waals surface area (Å²) < 4.78 is 25.0. The van der Waals surface area contributed by atoms with Gasteiger partial charge in [-0.05, 0) is 7.05 Å². The molecule has 1 aliphatic rings. The Balaban J connectivity index is 2.52. The Morgan fingerprint density at radius 1 is 1.70 bits per heavy atom. The maximum absolute atomic E-state index is 12.5. The summed E-state index contributed by atoms with van der Waals surface area (Å²) in [5, 5.41) is 8.59. The van der Waals surface area contributed by atoms with Crippen molar-refractivity contribution in [2.75, 3.05) is 20.2 Å². The van der Waals surface area contributed by atoms with Crippen LogP contribution in [0, 0.1) is 0 Å². The fourth-order valence-corrected chi connectivity index (χ4v) is 1.26. The summed E-state index contributed by atoms with van der Waals surface area (Å²) in [6.07, 6.45) is -0.208. The molecule has 0 aromatic heterocycles. The highest BCUT2D eigenvalue weighted by Gasteiger charge is 2.42. The zero-order valence-corrected chi connectivity index (χ0v) is 5.85. The van der Waals surface area contributed by atoms with E-state index in [0.717, 1.165) is 0 Å². The largest absolute Gasteiger partial charge is 0.395 e. The molecule has 1 N–H and O–H groups in total. The van der Waals surface area contributed by atoms with Gasteiger partial charge in [0.25, 0.3) is 5.92 Å². The van der Waals surface area contributed by atoms with Gasteiger partial charge in [-0.3, -0.25) is 4.90 Å². The minimum atomic E-state index is -2.60. The van der Waals surface area contributed by atoms with E-state index in [-0.39, 0.29) is 25.6 Å². The number of alkyl halides is 2. The standard InChI is InChI=1S/C6H11F2NO/c1-9-4-6(7,8)2-5(9)3-10/h5,10H,2-4H2,1H3/t5-/m0/s1. The topological polar surface area (TPSA) is 23.5 Å². The molecule has 60 valence electrons. The van der Waals surface area contributed by atoms with Gasteiger partial charge in [0.2, 0.25) is 0 Å². The van der Waals surface area contributed by atoms with Gasteiger partial charge in [-0.1, -0.05) is 0 Å². The van der Waals surface area contributed by atoms with Crippen molar-refractivity contribution in [3.05, 3.63) is 0 Å². The van der Waals surface area contributed by atoms with Gasteiger partial charge in [0, 0.05) is 12.5 Å². The molecule has 0 amide bonds. The molecule has 4 heteroatoms. The number of nitrogens with zero attached hydrogens (tertiary/aromatic N) is 1. The van der Waals surface area contributed by atoms with Crippen LogP contribution >= 0.6 is 0 Å². The van der Waals surface area contributed by atoms with Crippen molar-refractivity contribution in [3.8, 4) is 0 Å². The van der Waals surface area contributed by atoms with Gasteiger partial charge in [-0.2, -0.15) is 0 Å². The van der Waals surface area contributed by atoms with Crippen LogP contribution in [0.2, 0.25) is 0 Å². The molecule has 2 nitrogen and oxygen atoms in total. The maximum Gasteiger partial charge on any atom is 0.262 e. The highest BCUT2D eigenvalue weighted by Crippen LogP contribution is 2.30. The number of aliphatic hydroxyl groups is 1. The zero-order chi connectivity index (χ0) is 7.78. The quantitative estimate of drug-likeness (QED) is 0.583. The van der Waals surface area contributed by atoms with Gasteiger partial charge in [-0.25, -0.2) is 8.78 Å². The van der Waals surface area contributed by atoms with Crippen LogP contribution in [0.1, 0.15) is 6.42 Å². The van der Waals surface area contributed by atoms with Gasteiger partial charge in [0.15, 0.2) is 0 Å². The first-order chi connectivity index (χ1) is 4.55. The lowest BCUT2D eigenvalue weighted by atomic mass is 10.2. The molecule has 0 bridgehead atoms. The van der Waals surface area contributed by atoms with Gasteiger partial charge < -0.3 is 5.11 Å². The average Bonchev–Trinajstić information content (AvgIpc) is 2.05. The van der Waals surface area contributed by atoms with Crippen LogP contribution in [0.5, 0.6) is 0 Å². The Labute approximate surface area is 58.4 Å². The minimum Gasteiger partial charge on any atom is -0.395 e. The Morgan fingerprint density at radius 3 is 2.50 bits per heavy atom. The molecular formula is C6H11F2NO. The number of hydrogen-bond acceptors (Lipinski definition) is 2. The van der Waals surface area contributed by atoms with Crippen molar-refractivity contribution >= 4 is 0 Å².